The zero-order valence-electron chi connectivity index (χ0n) is 16.7. The number of hydrogen-bond acceptors (Lipinski definition) is 5. The molecular formula is C20H26Cl2FN5O. The van der Waals surface area contributed by atoms with Crippen LogP contribution in [-0.2, 0) is 0 Å². The lowest BCUT2D eigenvalue weighted by atomic mass is 9.91. The van der Waals surface area contributed by atoms with Crippen LogP contribution in [0.3, 0.4) is 0 Å². The fourth-order valence-corrected chi connectivity index (χ4v) is 3.54. The van der Waals surface area contributed by atoms with E-state index in [1.807, 2.05) is 32.1 Å². The van der Waals surface area contributed by atoms with E-state index >= 15 is 0 Å². The van der Waals surface area contributed by atoms with Crippen LogP contribution in [0.5, 0.6) is 0 Å². The van der Waals surface area contributed by atoms with Gasteiger partial charge in [0, 0.05) is 43.5 Å². The first-order valence-electron chi connectivity index (χ1n) is 9.37. The van der Waals surface area contributed by atoms with Crippen molar-refractivity contribution in [1.82, 2.24) is 15.3 Å². The molecule has 9 heteroatoms. The molecule has 158 valence electrons. The predicted molar refractivity (Wildman–Crippen MR) is 117 cm³/mol. The highest BCUT2D eigenvalue weighted by Gasteiger charge is 2.23. The second kappa shape index (κ2) is 10.1. The Hall–Kier alpha value is -2.12. The van der Waals surface area contributed by atoms with E-state index < -0.39 is 5.82 Å². The first-order valence-corrected chi connectivity index (χ1v) is 9.74. The Balaban J connectivity index is 0.00000300. The zero-order valence-corrected chi connectivity index (χ0v) is 18.3. The first kappa shape index (κ1) is 23.2. The van der Waals surface area contributed by atoms with E-state index in [-0.39, 0.29) is 41.0 Å². The van der Waals surface area contributed by atoms with E-state index in [1.54, 1.807) is 0 Å². The highest BCUT2D eigenvalue weighted by Crippen LogP contribution is 2.23. The Kier molecular flexibility index (Phi) is 8.05. The van der Waals surface area contributed by atoms with Gasteiger partial charge in [-0.25, -0.2) is 9.37 Å². The molecule has 1 fully saturated rings. The number of nitrogens with one attached hydrogen (secondary N) is 2. The van der Waals surface area contributed by atoms with Crippen LogP contribution in [0.15, 0.2) is 24.4 Å². The number of rotatable bonds is 5. The summed E-state index contributed by atoms with van der Waals surface area (Å²) in [5.41, 5.74) is 1.31. The number of anilines is 2. The molecule has 2 N–H and O–H groups in total. The number of carbonyl (C=O) groups is 1. The van der Waals surface area contributed by atoms with Gasteiger partial charge in [0.1, 0.15) is 11.6 Å². The molecule has 1 aromatic heterocycles. The van der Waals surface area contributed by atoms with Crippen molar-refractivity contribution in [1.29, 1.82) is 0 Å². The van der Waals surface area contributed by atoms with Crippen LogP contribution in [-0.4, -0.2) is 42.1 Å². The Morgan fingerprint density at radius 3 is 2.48 bits per heavy atom. The lowest BCUT2D eigenvalue weighted by Crippen LogP contribution is -2.40. The monoisotopic (exact) mass is 441 g/mol. The summed E-state index contributed by atoms with van der Waals surface area (Å²) in [4.78, 5) is 23.2. The maximum Gasteiger partial charge on any atom is 0.251 e. The molecule has 1 saturated carbocycles. The van der Waals surface area contributed by atoms with E-state index in [0.717, 1.165) is 37.1 Å². The van der Waals surface area contributed by atoms with Crippen molar-refractivity contribution in [3.63, 3.8) is 0 Å². The molecule has 0 bridgehead atoms. The van der Waals surface area contributed by atoms with Gasteiger partial charge in [-0.15, -0.1) is 12.4 Å². The summed E-state index contributed by atoms with van der Waals surface area (Å²) in [6.07, 6.45) is 5.29. The lowest BCUT2D eigenvalue weighted by molar-refractivity contribution is 0.0926. The van der Waals surface area contributed by atoms with Gasteiger partial charge in [0.2, 0.25) is 5.95 Å². The summed E-state index contributed by atoms with van der Waals surface area (Å²) in [6, 6.07) is 4.43. The zero-order chi connectivity index (χ0) is 20.3. The lowest BCUT2D eigenvalue weighted by Gasteiger charge is -2.30. The fourth-order valence-electron chi connectivity index (χ4n) is 3.43. The molecular weight excluding hydrogens is 416 g/mol. The van der Waals surface area contributed by atoms with E-state index in [0.29, 0.717) is 5.95 Å². The van der Waals surface area contributed by atoms with Crippen LogP contribution in [0.2, 0.25) is 5.02 Å². The van der Waals surface area contributed by atoms with Gasteiger partial charge in [0.15, 0.2) is 0 Å². The number of aryl methyl sites for hydroxylation is 1. The molecule has 1 aromatic carbocycles. The standard InChI is InChI=1S/C20H25ClFN5O.ClH/c1-12-11-23-20(26-18(12)27(2)3)25-15-7-5-14(6-8-15)24-19(28)13-4-9-16(21)17(22)10-13;/h4,9-11,14-15H,5-8H2,1-3H3,(H,24,28)(H,23,25,26);1H/t14-,15+;. The smallest absolute Gasteiger partial charge is 0.251 e. The minimum atomic E-state index is -0.586. The van der Waals surface area contributed by atoms with Crippen molar-refractivity contribution < 1.29 is 9.18 Å². The maximum absolute atomic E-state index is 13.5. The average Bonchev–Trinajstić information content (AvgIpc) is 2.66. The van der Waals surface area contributed by atoms with Crippen LogP contribution in [0.25, 0.3) is 0 Å². The summed E-state index contributed by atoms with van der Waals surface area (Å²) in [6.45, 7) is 1.99. The third-order valence-electron chi connectivity index (χ3n) is 4.95. The van der Waals surface area contributed by atoms with E-state index in [9.17, 15) is 9.18 Å². The van der Waals surface area contributed by atoms with Gasteiger partial charge in [0.25, 0.3) is 5.91 Å². The molecule has 2 aromatic rings. The van der Waals surface area contributed by atoms with Gasteiger partial charge in [-0.2, -0.15) is 4.98 Å². The van der Waals surface area contributed by atoms with Gasteiger partial charge in [-0.3, -0.25) is 4.79 Å². The van der Waals surface area contributed by atoms with Crippen molar-refractivity contribution >= 4 is 41.7 Å². The minimum Gasteiger partial charge on any atom is -0.362 e. The number of carbonyl (C=O) groups excluding carboxylic acids is 1. The van der Waals surface area contributed by atoms with Crippen molar-refractivity contribution in [2.45, 2.75) is 44.7 Å². The molecule has 0 saturated heterocycles. The Labute approximate surface area is 181 Å². The summed E-state index contributed by atoms with van der Waals surface area (Å²) >= 11 is 5.67. The maximum atomic E-state index is 13.5. The number of amides is 1. The largest absolute Gasteiger partial charge is 0.362 e. The normalized spacial score (nSPS) is 18.5. The summed E-state index contributed by atoms with van der Waals surface area (Å²) in [7, 11) is 3.92. The van der Waals surface area contributed by atoms with E-state index in [1.165, 1.54) is 18.2 Å². The number of halogens is 3. The van der Waals surface area contributed by atoms with Gasteiger partial charge in [-0.1, -0.05) is 11.6 Å². The van der Waals surface area contributed by atoms with Gasteiger partial charge >= 0.3 is 0 Å². The van der Waals surface area contributed by atoms with Gasteiger partial charge in [-0.05, 0) is 50.8 Å². The topological polar surface area (TPSA) is 70.1 Å². The molecule has 1 aliphatic rings. The summed E-state index contributed by atoms with van der Waals surface area (Å²) in [5, 5.41) is 6.39. The molecule has 0 aliphatic heterocycles. The fraction of sp³-hybridized carbons (Fsp3) is 0.450. The summed E-state index contributed by atoms with van der Waals surface area (Å²) < 4.78 is 13.5. The minimum absolute atomic E-state index is 0. The molecule has 6 nitrogen and oxygen atoms in total. The molecule has 0 radical (unpaired) electrons. The van der Waals surface area contributed by atoms with E-state index in [4.69, 9.17) is 11.6 Å². The molecule has 1 aliphatic carbocycles. The van der Waals surface area contributed by atoms with Gasteiger partial charge in [0.05, 0.1) is 5.02 Å². The number of hydrogen-bond donors (Lipinski definition) is 2. The molecule has 0 spiro atoms. The van der Waals surface area contributed by atoms with Crippen LogP contribution in [0.4, 0.5) is 16.2 Å². The van der Waals surface area contributed by atoms with Gasteiger partial charge < -0.3 is 15.5 Å². The summed E-state index contributed by atoms with van der Waals surface area (Å²) in [5.74, 6) is 0.661. The molecule has 1 amide bonds. The third-order valence-corrected chi connectivity index (χ3v) is 5.25. The second-order valence-electron chi connectivity index (χ2n) is 7.39. The van der Waals surface area contributed by atoms with Crippen LogP contribution >= 0.6 is 24.0 Å². The quantitative estimate of drug-likeness (QED) is 0.726. The van der Waals surface area contributed by atoms with Crippen molar-refractivity contribution in [2.75, 3.05) is 24.3 Å². The van der Waals surface area contributed by atoms with Crippen molar-refractivity contribution in [2.24, 2.45) is 0 Å². The molecule has 1 heterocycles. The predicted octanol–water partition coefficient (Wildman–Crippen LogP) is 4.22. The van der Waals surface area contributed by atoms with Crippen LogP contribution < -0.4 is 15.5 Å². The first-order chi connectivity index (χ1) is 13.3. The Bertz CT molecular complexity index is 857. The Morgan fingerprint density at radius 1 is 1.21 bits per heavy atom. The van der Waals surface area contributed by atoms with E-state index in [2.05, 4.69) is 20.6 Å². The number of nitrogens with zero attached hydrogens (tertiary/aromatic N) is 3. The molecule has 29 heavy (non-hydrogen) atoms. The van der Waals surface area contributed by atoms with Crippen molar-refractivity contribution in [3.05, 3.63) is 46.4 Å². The SMILES string of the molecule is Cc1cnc(N[C@H]2CC[C@@H](NC(=O)c3ccc(Cl)c(F)c3)CC2)nc1N(C)C.Cl. The second-order valence-corrected chi connectivity index (χ2v) is 7.80. The van der Waals surface area contributed by atoms with Crippen LogP contribution in [0, 0.1) is 12.7 Å². The molecule has 0 unspecified atom stereocenters. The molecule has 0 atom stereocenters. The third kappa shape index (κ3) is 5.93. The van der Waals surface area contributed by atoms with Crippen LogP contribution in [0.1, 0.15) is 41.6 Å². The van der Waals surface area contributed by atoms with Crippen molar-refractivity contribution in [3.8, 4) is 0 Å². The number of benzene rings is 1. The average molecular weight is 442 g/mol. The highest BCUT2D eigenvalue weighted by molar-refractivity contribution is 6.30. The number of aromatic nitrogens is 2. The Morgan fingerprint density at radius 2 is 1.86 bits per heavy atom. The molecule has 3 rings (SSSR count). The highest BCUT2D eigenvalue weighted by atomic mass is 35.5.